The molecule has 1 atom stereocenters. The summed E-state index contributed by atoms with van der Waals surface area (Å²) in [4.78, 5) is 14.1. The minimum Gasteiger partial charge on any atom is -0.496 e. The van der Waals surface area contributed by atoms with Crippen LogP contribution in [0.15, 0.2) is 12.1 Å². The van der Waals surface area contributed by atoms with Crippen molar-refractivity contribution in [1.82, 2.24) is 4.90 Å². The minimum atomic E-state index is -0.0512. The summed E-state index contributed by atoms with van der Waals surface area (Å²) in [6.07, 6.45) is 0. The fourth-order valence-corrected chi connectivity index (χ4v) is 3.76. The number of amides is 1. The molecule has 1 unspecified atom stereocenters. The van der Waals surface area contributed by atoms with Gasteiger partial charge in [0.1, 0.15) is 11.1 Å². The van der Waals surface area contributed by atoms with E-state index < -0.39 is 0 Å². The molecule has 0 radical (unpaired) electrons. The highest BCUT2D eigenvalue weighted by Gasteiger charge is 2.35. The number of methoxy groups -OCH3 is 3. The lowest BCUT2D eigenvalue weighted by Crippen LogP contribution is -2.31. The van der Waals surface area contributed by atoms with E-state index >= 15 is 0 Å². The van der Waals surface area contributed by atoms with Gasteiger partial charge in [-0.15, -0.1) is 11.8 Å². The molecule has 0 aliphatic carbocycles. The molecule has 0 saturated carbocycles. The quantitative estimate of drug-likeness (QED) is 0.805. The first-order valence-corrected chi connectivity index (χ1v) is 8.27. The molecule has 1 saturated heterocycles. The molecule has 1 aliphatic heterocycles. The van der Waals surface area contributed by atoms with Gasteiger partial charge in [0.2, 0.25) is 5.91 Å². The fourth-order valence-electron chi connectivity index (χ4n) is 2.55. The summed E-state index contributed by atoms with van der Waals surface area (Å²) in [6, 6.07) is 3.71. The van der Waals surface area contributed by atoms with Crippen molar-refractivity contribution in [3.8, 4) is 17.2 Å². The average Bonchev–Trinajstić information content (AvgIpc) is 2.86. The van der Waals surface area contributed by atoms with Crippen molar-refractivity contribution in [2.24, 2.45) is 5.92 Å². The highest BCUT2D eigenvalue weighted by molar-refractivity contribution is 8.00. The van der Waals surface area contributed by atoms with Gasteiger partial charge in [0.25, 0.3) is 0 Å². The Hall–Kier alpha value is -1.56. The summed E-state index contributed by atoms with van der Waals surface area (Å²) in [5.74, 6) is 3.04. The number of carbonyl (C=O) groups is 1. The number of nitrogens with zero attached hydrogens (tertiary/aromatic N) is 1. The molecule has 0 aromatic heterocycles. The number of benzene rings is 1. The van der Waals surface area contributed by atoms with E-state index in [9.17, 15) is 4.79 Å². The largest absolute Gasteiger partial charge is 0.496 e. The van der Waals surface area contributed by atoms with Gasteiger partial charge in [0.15, 0.2) is 11.5 Å². The second-order valence-corrected chi connectivity index (χ2v) is 6.62. The summed E-state index contributed by atoms with van der Waals surface area (Å²) in [6.45, 7) is 4.95. The smallest absolute Gasteiger partial charge is 0.233 e. The SMILES string of the molecule is COc1cc(OC)c(C2SCC(=O)N2CC(C)C)cc1OC. The molecule has 1 amide bonds. The molecule has 1 heterocycles. The molecule has 122 valence electrons. The Balaban J connectivity index is 2.43. The summed E-state index contributed by atoms with van der Waals surface area (Å²) >= 11 is 1.62. The van der Waals surface area contributed by atoms with Crippen LogP contribution in [0, 0.1) is 5.92 Å². The van der Waals surface area contributed by atoms with Crippen LogP contribution in [0.2, 0.25) is 0 Å². The molecule has 1 fully saturated rings. The maximum absolute atomic E-state index is 12.2. The van der Waals surface area contributed by atoms with Crippen LogP contribution in [0.25, 0.3) is 0 Å². The van der Waals surface area contributed by atoms with Crippen molar-refractivity contribution in [3.05, 3.63) is 17.7 Å². The molecule has 1 aromatic rings. The van der Waals surface area contributed by atoms with Gasteiger partial charge in [-0.25, -0.2) is 0 Å². The van der Waals surface area contributed by atoms with E-state index in [2.05, 4.69) is 13.8 Å². The molecule has 1 aliphatic rings. The zero-order valence-electron chi connectivity index (χ0n) is 13.7. The molecule has 2 rings (SSSR count). The summed E-state index contributed by atoms with van der Waals surface area (Å²) < 4.78 is 16.2. The summed E-state index contributed by atoms with van der Waals surface area (Å²) in [5.41, 5.74) is 0.941. The molecule has 0 spiro atoms. The van der Waals surface area contributed by atoms with Gasteiger partial charge in [-0.3, -0.25) is 4.79 Å². The Morgan fingerprint density at radius 2 is 1.73 bits per heavy atom. The normalized spacial score (nSPS) is 18.0. The van der Waals surface area contributed by atoms with Gasteiger partial charge < -0.3 is 19.1 Å². The van der Waals surface area contributed by atoms with E-state index in [1.807, 2.05) is 17.0 Å². The van der Waals surface area contributed by atoms with Crippen LogP contribution in [0.1, 0.15) is 24.8 Å². The van der Waals surface area contributed by atoms with Crippen molar-refractivity contribution in [3.63, 3.8) is 0 Å². The average molecular weight is 325 g/mol. The maximum atomic E-state index is 12.2. The van der Waals surface area contributed by atoms with Crippen LogP contribution in [-0.2, 0) is 4.79 Å². The number of hydrogen-bond donors (Lipinski definition) is 0. The van der Waals surface area contributed by atoms with Gasteiger partial charge in [-0.05, 0) is 12.0 Å². The Kier molecular flexibility index (Phi) is 5.45. The zero-order valence-corrected chi connectivity index (χ0v) is 14.5. The number of ether oxygens (including phenoxy) is 3. The van der Waals surface area contributed by atoms with E-state index in [1.165, 1.54) is 0 Å². The van der Waals surface area contributed by atoms with Gasteiger partial charge in [0.05, 0.1) is 27.1 Å². The van der Waals surface area contributed by atoms with Crippen LogP contribution in [-0.4, -0.2) is 44.4 Å². The van der Waals surface area contributed by atoms with Crippen LogP contribution in [0.4, 0.5) is 0 Å². The van der Waals surface area contributed by atoms with Gasteiger partial charge in [-0.2, -0.15) is 0 Å². The first-order valence-electron chi connectivity index (χ1n) is 7.22. The van der Waals surface area contributed by atoms with Crippen LogP contribution >= 0.6 is 11.8 Å². The lowest BCUT2D eigenvalue weighted by atomic mass is 10.1. The number of rotatable bonds is 6. The molecule has 0 N–H and O–H groups in total. The monoisotopic (exact) mass is 325 g/mol. The highest BCUT2D eigenvalue weighted by atomic mass is 32.2. The first-order chi connectivity index (χ1) is 10.5. The lowest BCUT2D eigenvalue weighted by molar-refractivity contribution is -0.128. The predicted octanol–water partition coefficient (Wildman–Crippen LogP) is 2.94. The highest BCUT2D eigenvalue weighted by Crippen LogP contribution is 2.46. The Labute approximate surface area is 135 Å². The van der Waals surface area contributed by atoms with E-state index in [-0.39, 0.29) is 11.3 Å². The summed E-state index contributed by atoms with van der Waals surface area (Å²) in [5, 5.41) is -0.0512. The van der Waals surface area contributed by atoms with E-state index in [0.29, 0.717) is 28.9 Å². The van der Waals surface area contributed by atoms with Gasteiger partial charge in [0, 0.05) is 18.2 Å². The minimum absolute atomic E-state index is 0.0512. The molecule has 0 bridgehead atoms. The van der Waals surface area contributed by atoms with Crippen LogP contribution in [0.3, 0.4) is 0 Å². The topological polar surface area (TPSA) is 48.0 Å². The molecular weight excluding hydrogens is 302 g/mol. The second-order valence-electron chi connectivity index (χ2n) is 5.55. The number of thioether (sulfide) groups is 1. The Morgan fingerprint density at radius 3 is 2.27 bits per heavy atom. The fraction of sp³-hybridized carbons (Fsp3) is 0.562. The van der Waals surface area contributed by atoms with E-state index in [4.69, 9.17) is 14.2 Å². The Bertz CT molecular complexity index is 547. The standard InChI is InChI=1S/C16H23NO4S/c1-10(2)8-17-15(18)9-22-16(17)11-6-13(20-4)14(21-5)7-12(11)19-3/h6-7,10,16H,8-9H2,1-5H3. The third-order valence-electron chi connectivity index (χ3n) is 3.53. The third-order valence-corrected chi connectivity index (χ3v) is 4.77. The number of carbonyl (C=O) groups excluding carboxylic acids is 1. The van der Waals surface area contributed by atoms with Gasteiger partial charge in [-0.1, -0.05) is 13.8 Å². The second kappa shape index (κ2) is 7.13. The van der Waals surface area contributed by atoms with E-state index in [1.54, 1.807) is 33.1 Å². The predicted molar refractivity (Wildman–Crippen MR) is 87.8 cm³/mol. The van der Waals surface area contributed by atoms with E-state index in [0.717, 1.165) is 12.1 Å². The van der Waals surface area contributed by atoms with Crippen molar-refractivity contribution in [2.75, 3.05) is 33.6 Å². The third kappa shape index (κ3) is 3.27. The Morgan fingerprint density at radius 1 is 1.14 bits per heavy atom. The summed E-state index contributed by atoms with van der Waals surface area (Å²) in [7, 11) is 4.82. The molecule has 6 heteroatoms. The maximum Gasteiger partial charge on any atom is 0.233 e. The van der Waals surface area contributed by atoms with Crippen LogP contribution in [0.5, 0.6) is 17.2 Å². The molecule has 22 heavy (non-hydrogen) atoms. The van der Waals surface area contributed by atoms with Crippen molar-refractivity contribution < 1.29 is 19.0 Å². The molecular formula is C16H23NO4S. The number of hydrogen-bond acceptors (Lipinski definition) is 5. The lowest BCUT2D eigenvalue weighted by Gasteiger charge is -2.27. The zero-order chi connectivity index (χ0) is 16.3. The van der Waals surface area contributed by atoms with Crippen molar-refractivity contribution >= 4 is 17.7 Å². The van der Waals surface area contributed by atoms with Gasteiger partial charge >= 0.3 is 0 Å². The van der Waals surface area contributed by atoms with Crippen LogP contribution < -0.4 is 14.2 Å². The molecule has 1 aromatic carbocycles. The van der Waals surface area contributed by atoms with Crippen molar-refractivity contribution in [1.29, 1.82) is 0 Å². The first kappa shape index (κ1) is 16.8. The molecule has 5 nitrogen and oxygen atoms in total. The van der Waals surface area contributed by atoms with Crippen molar-refractivity contribution in [2.45, 2.75) is 19.2 Å².